The Labute approximate surface area is 151 Å². The maximum Gasteiger partial charge on any atom is 0.226 e. The summed E-state index contributed by atoms with van der Waals surface area (Å²) in [5, 5.41) is 8.44. The van der Waals surface area contributed by atoms with Crippen molar-refractivity contribution in [1.82, 2.24) is 14.8 Å². The van der Waals surface area contributed by atoms with Crippen LogP contribution in [0.5, 0.6) is 0 Å². The SMILES string of the molecule is CN(C)c1ccc([C@H]2C=C(c3ccc(Cl)cc3)Nc3ncnn32)cc1. The summed E-state index contributed by atoms with van der Waals surface area (Å²) >= 11 is 6.01. The second-order valence-electron chi connectivity index (χ2n) is 6.17. The summed E-state index contributed by atoms with van der Waals surface area (Å²) in [6, 6.07) is 16.3. The molecule has 0 saturated heterocycles. The summed E-state index contributed by atoms with van der Waals surface area (Å²) in [6.45, 7) is 0. The van der Waals surface area contributed by atoms with Gasteiger partial charge in [0.25, 0.3) is 0 Å². The summed E-state index contributed by atoms with van der Waals surface area (Å²) in [4.78, 5) is 6.42. The summed E-state index contributed by atoms with van der Waals surface area (Å²) in [6.07, 6.45) is 3.73. The van der Waals surface area contributed by atoms with Crippen LogP contribution in [-0.4, -0.2) is 28.9 Å². The second kappa shape index (κ2) is 6.26. The van der Waals surface area contributed by atoms with Gasteiger partial charge < -0.3 is 10.2 Å². The Balaban J connectivity index is 1.75. The number of rotatable bonds is 3. The predicted octanol–water partition coefficient (Wildman–Crippen LogP) is 4.05. The van der Waals surface area contributed by atoms with Gasteiger partial charge in [-0.1, -0.05) is 35.9 Å². The van der Waals surface area contributed by atoms with E-state index in [9.17, 15) is 0 Å². The highest BCUT2D eigenvalue weighted by molar-refractivity contribution is 6.30. The smallest absolute Gasteiger partial charge is 0.226 e. The van der Waals surface area contributed by atoms with Crippen LogP contribution in [0.2, 0.25) is 5.02 Å². The Kier molecular flexibility index (Phi) is 3.93. The zero-order valence-electron chi connectivity index (χ0n) is 14.0. The van der Waals surface area contributed by atoms with Gasteiger partial charge in [-0.15, -0.1) is 0 Å². The van der Waals surface area contributed by atoms with Crippen LogP contribution in [0, 0.1) is 0 Å². The van der Waals surface area contributed by atoms with Crippen LogP contribution in [0.1, 0.15) is 17.2 Å². The van der Waals surface area contributed by atoms with E-state index in [2.05, 4.69) is 50.6 Å². The number of anilines is 2. The Morgan fingerprint density at radius 2 is 1.76 bits per heavy atom. The molecule has 0 spiro atoms. The van der Waals surface area contributed by atoms with Crippen molar-refractivity contribution < 1.29 is 0 Å². The van der Waals surface area contributed by atoms with Gasteiger partial charge >= 0.3 is 0 Å². The zero-order chi connectivity index (χ0) is 17.4. The molecule has 2 heterocycles. The molecule has 5 nitrogen and oxygen atoms in total. The fourth-order valence-corrected chi connectivity index (χ4v) is 3.06. The van der Waals surface area contributed by atoms with Gasteiger partial charge in [-0.3, -0.25) is 0 Å². The fourth-order valence-electron chi connectivity index (χ4n) is 2.94. The molecule has 126 valence electrons. The van der Waals surface area contributed by atoms with E-state index in [0.29, 0.717) is 0 Å². The molecule has 6 heteroatoms. The number of benzene rings is 2. The fraction of sp³-hybridized carbons (Fsp3) is 0.158. The number of allylic oxidation sites excluding steroid dienone is 1. The molecule has 1 atom stereocenters. The van der Waals surface area contributed by atoms with Crippen LogP contribution < -0.4 is 10.2 Å². The van der Waals surface area contributed by atoms with Gasteiger partial charge in [0, 0.05) is 30.5 Å². The standard InChI is InChI=1S/C19H18ClN5/c1-24(2)16-9-5-14(6-10-16)18-11-17(13-3-7-15(20)8-4-13)23-19-21-12-22-25(18)19/h3-12,18H,1-2H3,(H,21,22,23)/t18-/m1/s1. The molecule has 0 bridgehead atoms. The van der Waals surface area contributed by atoms with Gasteiger partial charge in [0.2, 0.25) is 5.95 Å². The summed E-state index contributed by atoms with van der Waals surface area (Å²) in [5.41, 5.74) is 4.39. The van der Waals surface area contributed by atoms with Gasteiger partial charge in [-0.25, -0.2) is 4.68 Å². The number of nitrogens with zero attached hydrogens (tertiary/aromatic N) is 4. The number of nitrogens with one attached hydrogen (secondary N) is 1. The highest BCUT2D eigenvalue weighted by Gasteiger charge is 2.23. The molecule has 0 radical (unpaired) electrons. The zero-order valence-corrected chi connectivity index (χ0v) is 14.8. The Morgan fingerprint density at radius 1 is 1.04 bits per heavy atom. The van der Waals surface area contributed by atoms with Crippen molar-refractivity contribution in [3.63, 3.8) is 0 Å². The molecule has 0 amide bonds. The molecule has 1 aliphatic rings. The highest BCUT2D eigenvalue weighted by atomic mass is 35.5. The molecule has 1 aliphatic heterocycles. The summed E-state index contributed by atoms with van der Waals surface area (Å²) in [5.74, 6) is 0.731. The van der Waals surface area contributed by atoms with Crippen molar-refractivity contribution >= 4 is 28.9 Å². The molecule has 25 heavy (non-hydrogen) atoms. The molecular weight excluding hydrogens is 334 g/mol. The number of hydrogen-bond donors (Lipinski definition) is 1. The van der Waals surface area contributed by atoms with Crippen molar-refractivity contribution in [2.45, 2.75) is 6.04 Å². The minimum atomic E-state index is -0.0133. The minimum Gasteiger partial charge on any atom is -0.378 e. The van der Waals surface area contributed by atoms with Gasteiger partial charge in [-0.05, 0) is 41.5 Å². The van der Waals surface area contributed by atoms with Crippen LogP contribution in [-0.2, 0) is 0 Å². The first-order valence-electron chi connectivity index (χ1n) is 8.03. The number of aromatic nitrogens is 3. The Bertz CT molecular complexity index is 910. The molecule has 0 saturated carbocycles. The molecule has 0 fully saturated rings. The van der Waals surface area contributed by atoms with Gasteiger partial charge in [0.15, 0.2) is 0 Å². The van der Waals surface area contributed by atoms with Crippen LogP contribution in [0.3, 0.4) is 0 Å². The lowest BCUT2D eigenvalue weighted by Crippen LogP contribution is -2.20. The van der Waals surface area contributed by atoms with Crippen molar-refractivity contribution in [3.05, 3.63) is 77.1 Å². The molecule has 0 aliphatic carbocycles. The maximum atomic E-state index is 6.01. The Morgan fingerprint density at radius 3 is 2.44 bits per heavy atom. The predicted molar refractivity (Wildman–Crippen MR) is 102 cm³/mol. The van der Waals surface area contributed by atoms with Gasteiger partial charge in [-0.2, -0.15) is 10.1 Å². The minimum absolute atomic E-state index is 0.0133. The topological polar surface area (TPSA) is 46.0 Å². The quantitative estimate of drug-likeness (QED) is 0.773. The number of hydrogen-bond acceptors (Lipinski definition) is 4. The maximum absolute atomic E-state index is 6.01. The first kappa shape index (κ1) is 15.7. The first-order chi connectivity index (χ1) is 12.1. The van der Waals surface area contributed by atoms with Crippen molar-refractivity contribution in [2.75, 3.05) is 24.3 Å². The molecule has 1 N–H and O–H groups in total. The van der Waals surface area contributed by atoms with Crippen LogP contribution >= 0.6 is 11.6 Å². The monoisotopic (exact) mass is 351 g/mol. The molecule has 0 unspecified atom stereocenters. The lowest BCUT2D eigenvalue weighted by molar-refractivity contribution is 0.612. The van der Waals surface area contributed by atoms with E-state index < -0.39 is 0 Å². The Hall–Kier alpha value is -2.79. The third-order valence-electron chi connectivity index (χ3n) is 4.31. The third kappa shape index (κ3) is 2.98. The van der Waals surface area contributed by atoms with E-state index in [0.717, 1.165) is 27.8 Å². The average molecular weight is 352 g/mol. The van der Waals surface area contributed by atoms with Gasteiger partial charge in [0.05, 0.1) is 0 Å². The molecule has 4 rings (SSSR count). The molecule has 1 aromatic heterocycles. The van der Waals surface area contributed by atoms with E-state index in [1.807, 2.05) is 43.0 Å². The van der Waals surface area contributed by atoms with Crippen molar-refractivity contribution in [2.24, 2.45) is 0 Å². The van der Waals surface area contributed by atoms with Crippen molar-refractivity contribution in [1.29, 1.82) is 0 Å². The van der Waals surface area contributed by atoms with E-state index >= 15 is 0 Å². The normalized spacial score (nSPS) is 16.0. The van der Waals surface area contributed by atoms with Crippen LogP contribution in [0.15, 0.2) is 60.9 Å². The van der Waals surface area contributed by atoms with Crippen molar-refractivity contribution in [3.8, 4) is 0 Å². The van der Waals surface area contributed by atoms with E-state index in [-0.39, 0.29) is 6.04 Å². The summed E-state index contributed by atoms with van der Waals surface area (Å²) < 4.78 is 1.89. The second-order valence-corrected chi connectivity index (χ2v) is 6.61. The van der Waals surface area contributed by atoms with E-state index in [1.165, 1.54) is 5.69 Å². The van der Waals surface area contributed by atoms with E-state index in [1.54, 1.807) is 6.33 Å². The average Bonchev–Trinajstić information content (AvgIpc) is 3.10. The summed E-state index contributed by atoms with van der Waals surface area (Å²) in [7, 11) is 4.07. The largest absolute Gasteiger partial charge is 0.378 e. The first-order valence-corrected chi connectivity index (χ1v) is 8.41. The molecular formula is C19H18ClN5. The lowest BCUT2D eigenvalue weighted by atomic mass is 10.0. The van der Waals surface area contributed by atoms with E-state index in [4.69, 9.17) is 11.6 Å². The van der Waals surface area contributed by atoms with Crippen LogP contribution in [0.25, 0.3) is 5.70 Å². The third-order valence-corrected chi connectivity index (χ3v) is 4.57. The number of fused-ring (bicyclic) bond motifs is 1. The highest BCUT2D eigenvalue weighted by Crippen LogP contribution is 2.32. The van der Waals surface area contributed by atoms with Gasteiger partial charge in [0.1, 0.15) is 12.4 Å². The molecule has 2 aromatic carbocycles. The van der Waals surface area contributed by atoms with Crippen LogP contribution in [0.4, 0.5) is 11.6 Å². The number of halogens is 1. The lowest BCUT2D eigenvalue weighted by Gasteiger charge is -2.25. The molecule has 3 aromatic rings.